The minimum absolute atomic E-state index is 0.364. The summed E-state index contributed by atoms with van der Waals surface area (Å²) in [4.78, 5) is 11.8. The molecule has 15 heavy (non-hydrogen) atoms. The van der Waals surface area contributed by atoms with Crippen LogP contribution in [0.3, 0.4) is 0 Å². The van der Waals surface area contributed by atoms with Crippen LogP contribution in [-0.2, 0) is 4.79 Å². The Labute approximate surface area is 91.9 Å². The minimum Gasteiger partial charge on any atom is -0.295 e. The van der Waals surface area contributed by atoms with Gasteiger partial charge in [-0.1, -0.05) is 18.9 Å². The van der Waals surface area contributed by atoms with E-state index in [0.29, 0.717) is 16.6 Å². The van der Waals surface area contributed by atoms with Gasteiger partial charge in [0.05, 0.1) is 0 Å². The van der Waals surface area contributed by atoms with Gasteiger partial charge in [-0.15, -0.1) is 0 Å². The van der Waals surface area contributed by atoms with Crippen molar-refractivity contribution in [2.75, 3.05) is 0 Å². The Kier molecular flexibility index (Phi) is 1.76. The van der Waals surface area contributed by atoms with E-state index in [9.17, 15) is 4.79 Å². The molecule has 0 unspecified atom stereocenters. The molecule has 0 aromatic rings. The van der Waals surface area contributed by atoms with E-state index in [1.807, 2.05) is 6.08 Å². The lowest BCUT2D eigenvalue weighted by molar-refractivity contribution is -0.120. The van der Waals surface area contributed by atoms with E-state index < -0.39 is 0 Å². The van der Waals surface area contributed by atoms with Crippen LogP contribution in [0.2, 0.25) is 0 Å². The van der Waals surface area contributed by atoms with E-state index in [-0.39, 0.29) is 0 Å². The zero-order chi connectivity index (χ0) is 10.7. The fraction of sp³-hybridized carbons (Fsp3) is 0.786. The second-order valence-corrected chi connectivity index (χ2v) is 6.00. The highest BCUT2D eigenvalue weighted by Gasteiger charge is 2.63. The summed E-state index contributed by atoms with van der Waals surface area (Å²) in [6, 6.07) is 0. The lowest BCUT2D eigenvalue weighted by atomic mass is 9.57. The van der Waals surface area contributed by atoms with Crippen molar-refractivity contribution in [2.24, 2.45) is 16.7 Å². The Balaban J connectivity index is 2.18. The molecule has 0 aromatic heterocycles. The molecule has 3 atom stereocenters. The zero-order valence-corrected chi connectivity index (χ0v) is 9.81. The molecule has 82 valence electrons. The molecular weight excluding hydrogens is 184 g/mol. The zero-order valence-electron chi connectivity index (χ0n) is 9.81. The largest absolute Gasteiger partial charge is 0.295 e. The second kappa shape index (κ2) is 2.75. The molecular formula is C14H20O. The number of rotatable bonds is 0. The van der Waals surface area contributed by atoms with Crippen LogP contribution < -0.4 is 0 Å². The first-order valence-electron chi connectivity index (χ1n) is 6.32. The molecule has 0 heterocycles. The number of carbonyl (C=O) groups is 1. The third-order valence-electron chi connectivity index (χ3n) is 5.75. The Morgan fingerprint density at radius 1 is 1.33 bits per heavy atom. The highest BCUT2D eigenvalue weighted by Crippen LogP contribution is 2.71. The smallest absolute Gasteiger partial charge is 0.156 e. The molecule has 0 radical (unpaired) electrons. The SMILES string of the molecule is CC1=CC(=O)C[C@]23CCC[C@]12CC[C@@H]3C. The fourth-order valence-corrected chi connectivity index (χ4v) is 4.99. The van der Waals surface area contributed by atoms with E-state index in [2.05, 4.69) is 13.8 Å². The summed E-state index contributed by atoms with van der Waals surface area (Å²) >= 11 is 0. The van der Waals surface area contributed by atoms with E-state index >= 15 is 0 Å². The van der Waals surface area contributed by atoms with Crippen LogP contribution in [0.4, 0.5) is 0 Å². The summed E-state index contributed by atoms with van der Waals surface area (Å²) < 4.78 is 0. The number of hydrogen-bond donors (Lipinski definition) is 0. The summed E-state index contributed by atoms with van der Waals surface area (Å²) in [5.74, 6) is 1.14. The second-order valence-electron chi connectivity index (χ2n) is 6.00. The van der Waals surface area contributed by atoms with Gasteiger partial charge in [0.1, 0.15) is 0 Å². The van der Waals surface area contributed by atoms with Crippen molar-refractivity contribution in [3.8, 4) is 0 Å². The van der Waals surface area contributed by atoms with Gasteiger partial charge in [-0.25, -0.2) is 0 Å². The van der Waals surface area contributed by atoms with Gasteiger partial charge in [-0.3, -0.25) is 4.79 Å². The van der Waals surface area contributed by atoms with Crippen molar-refractivity contribution < 1.29 is 4.79 Å². The standard InChI is InChI=1S/C14H20O/c1-10-4-7-13-5-3-6-14(10,13)9-12(15)8-11(13)2/h8,10H,3-7,9H2,1-2H3/t10-,13-,14-/m0/s1. The summed E-state index contributed by atoms with van der Waals surface area (Å²) in [5.41, 5.74) is 2.20. The Morgan fingerprint density at radius 3 is 2.93 bits per heavy atom. The van der Waals surface area contributed by atoms with Crippen LogP contribution in [-0.4, -0.2) is 5.78 Å². The van der Waals surface area contributed by atoms with Crippen LogP contribution in [0, 0.1) is 16.7 Å². The molecule has 0 saturated heterocycles. The van der Waals surface area contributed by atoms with Crippen molar-refractivity contribution in [1.29, 1.82) is 0 Å². The first kappa shape index (κ1) is 9.62. The Bertz CT molecular complexity index is 354. The quantitative estimate of drug-likeness (QED) is 0.590. The molecule has 2 fully saturated rings. The van der Waals surface area contributed by atoms with Crippen molar-refractivity contribution in [3.05, 3.63) is 11.6 Å². The average molecular weight is 204 g/mol. The van der Waals surface area contributed by atoms with Gasteiger partial charge in [0.15, 0.2) is 5.78 Å². The van der Waals surface area contributed by atoms with Gasteiger partial charge in [0, 0.05) is 6.42 Å². The predicted octanol–water partition coefficient (Wildman–Crippen LogP) is 3.49. The van der Waals surface area contributed by atoms with E-state index in [0.717, 1.165) is 12.3 Å². The van der Waals surface area contributed by atoms with E-state index in [1.54, 1.807) is 0 Å². The van der Waals surface area contributed by atoms with Gasteiger partial charge in [-0.2, -0.15) is 0 Å². The van der Waals surface area contributed by atoms with Crippen molar-refractivity contribution >= 4 is 5.78 Å². The highest BCUT2D eigenvalue weighted by atomic mass is 16.1. The first-order valence-corrected chi connectivity index (χ1v) is 6.32. The van der Waals surface area contributed by atoms with Gasteiger partial charge >= 0.3 is 0 Å². The fourth-order valence-electron chi connectivity index (χ4n) is 4.99. The molecule has 1 heteroatoms. The molecule has 0 spiro atoms. The minimum atomic E-state index is 0.364. The third-order valence-corrected chi connectivity index (χ3v) is 5.75. The summed E-state index contributed by atoms with van der Waals surface area (Å²) in [6.45, 7) is 4.58. The summed E-state index contributed by atoms with van der Waals surface area (Å²) in [7, 11) is 0. The number of ketones is 1. The normalized spacial score (nSPS) is 48.8. The molecule has 0 aromatic carbocycles. The topological polar surface area (TPSA) is 17.1 Å². The molecule has 2 saturated carbocycles. The number of hydrogen-bond acceptors (Lipinski definition) is 1. The van der Waals surface area contributed by atoms with E-state index in [1.165, 1.54) is 37.7 Å². The molecule has 0 bridgehead atoms. The molecule has 0 aliphatic heterocycles. The Hall–Kier alpha value is -0.590. The van der Waals surface area contributed by atoms with Crippen LogP contribution in [0.25, 0.3) is 0 Å². The molecule has 0 N–H and O–H groups in total. The van der Waals surface area contributed by atoms with E-state index in [4.69, 9.17) is 0 Å². The van der Waals surface area contributed by atoms with Crippen molar-refractivity contribution in [2.45, 2.75) is 52.4 Å². The maximum Gasteiger partial charge on any atom is 0.156 e. The molecule has 3 aliphatic rings. The molecule has 1 nitrogen and oxygen atoms in total. The van der Waals surface area contributed by atoms with Crippen LogP contribution in [0.5, 0.6) is 0 Å². The van der Waals surface area contributed by atoms with Gasteiger partial charge in [-0.05, 0) is 55.4 Å². The summed E-state index contributed by atoms with van der Waals surface area (Å²) in [6.07, 6.45) is 9.43. The van der Waals surface area contributed by atoms with Gasteiger partial charge < -0.3 is 0 Å². The monoisotopic (exact) mass is 204 g/mol. The maximum atomic E-state index is 11.8. The van der Waals surface area contributed by atoms with Crippen LogP contribution >= 0.6 is 0 Å². The third kappa shape index (κ3) is 0.926. The lowest BCUT2D eigenvalue weighted by Gasteiger charge is -2.46. The van der Waals surface area contributed by atoms with Crippen LogP contribution in [0.1, 0.15) is 52.4 Å². The summed E-state index contributed by atoms with van der Waals surface area (Å²) in [5, 5.41) is 0. The lowest BCUT2D eigenvalue weighted by Crippen LogP contribution is -2.41. The first-order chi connectivity index (χ1) is 7.11. The van der Waals surface area contributed by atoms with Crippen LogP contribution in [0.15, 0.2) is 11.6 Å². The maximum absolute atomic E-state index is 11.8. The predicted molar refractivity (Wildman–Crippen MR) is 60.5 cm³/mol. The molecule has 0 amide bonds. The number of allylic oxidation sites excluding steroid dienone is 2. The highest BCUT2D eigenvalue weighted by molar-refractivity contribution is 5.92. The van der Waals surface area contributed by atoms with Gasteiger partial charge in [0.2, 0.25) is 0 Å². The van der Waals surface area contributed by atoms with Gasteiger partial charge in [0.25, 0.3) is 0 Å². The van der Waals surface area contributed by atoms with Crippen molar-refractivity contribution in [3.63, 3.8) is 0 Å². The molecule has 3 aliphatic carbocycles. The molecule has 3 rings (SSSR count). The number of carbonyl (C=O) groups excluding carboxylic acids is 1. The Morgan fingerprint density at radius 2 is 2.13 bits per heavy atom. The van der Waals surface area contributed by atoms with Crippen molar-refractivity contribution in [1.82, 2.24) is 0 Å². The average Bonchev–Trinajstić information content (AvgIpc) is 2.65.